The van der Waals surface area contributed by atoms with Crippen LogP contribution in [0.2, 0.25) is 0 Å². The lowest BCUT2D eigenvalue weighted by Crippen LogP contribution is -2.39. The Morgan fingerprint density at radius 1 is 1.10 bits per heavy atom. The number of rotatable bonds is 0. The van der Waals surface area contributed by atoms with Crippen molar-refractivity contribution in [3.63, 3.8) is 0 Å². The highest BCUT2D eigenvalue weighted by atomic mass is 15.2. The second-order valence-electron chi connectivity index (χ2n) is 3.55. The summed E-state index contributed by atoms with van der Waals surface area (Å²) in [5, 5.41) is 0. The van der Waals surface area contributed by atoms with Gasteiger partial charge in [-0.3, -0.25) is 4.90 Å². The van der Waals surface area contributed by atoms with Gasteiger partial charge in [0.1, 0.15) is 0 Å². The summed E-state index contributed by atoms with van der Waals surface area (Å²) in [6.07, 6.45) is 4.45. The van der Waals surface area contributed by atoms with Gasteiger partial charge in [-0.2, -0.15) is 0 Å². The first-order chi connectivity index (χ1) is 4.11. The van der Waals surface area contributed by atoms with Crippen molar-refractivity contribution in [2.24, 2.45) is 0 Å². The zero-order chi connectivity index (χ0) is 6.91. The molecule has 10 heavy (non-hydrogen) atoms. The van der Waals surface area contributed by atoms with E-state index < -0.39 is 0 Å². The predicted octanol–water partition coefficient (Wildman–Crippen LogP) is 2.29. The third-order valence-electron chi connectivity index (χ3n) is 1.77. The number of hydrogen-bond acceptors (Lipinski definition) is 1. The highest BCUT2D eigenvalue weighted by Gasteiger charge is 2.20. The fourth-order valence-electron chi connectivity index (χ4n) is 1.03. The summed E-state index contributed by atoms with van der Waals surface area (Å²) in [5.41, 5.74) is 0.351. The van der Waals surface area contributed by atoms with Crippen LogP contribution in [0.15, 0.2) is 12.2 Å². The van der Waals surface area contributed by atoms with Crippen LogP contribution in [0, 0.1) is 0 Å². The molecule has 1 rings (SSSR count). The summed E-state index contributed by atoms with van der Waals surface area (Å²) < 4.78 is 0. The molecule has 0 aliphatic carbocycles. The van der Waals surface area contributed by atoms with E-state index in [2.05, 4.69) is 37.8 Å². The zero-order valence-electron chi connectivity index (χ0n) is 6.52. The van der Waals surface area contributed by atoms with Crippen LogP contribution in [-0.4, -0.2) is 23.5 Å². The van der Waals surface area contributed by atoms with Crippen LogP contribution >= 0.6 is 0 Å². The molecule has 0 fully saturated rings. The minimum Gasteiger partial charge on any atom is -0.291 e. The van der Waals surface area contributed by atoms with Gasteiger partial charge < -0.3 is 0 Å². The van der Waals surface area contributed by atoms with Crippen molar-refractivity contribution in [2.45, 2.75) is 33.7 Å². The lowest BCUT2D eigenvalue weighted by molar-refractivity contribution is 0.183. The van der Waals surface area contributed by atoms with Crippen LogP contribution in [0.1, 0.15) is 28.2 Å². The maximum atomic E-state index is 2.44. The van der Waals surface area contributed by atoms with Crippen molar-refractivity contribution in [3.8, 4) is 0 Å². The summed E-state index contributed by atoms with van der Waals surface area (Å²) in [7, 11) is 0. The summed E-state index contributed by atoms with van der Waals surface area (Å²) >= 11 is 0. The van der Waals surface area contributed by atoms with Gasteiger partial charge in [0, 0.05) is 18.6 Å². The van der Waals surface area contributed by atoms with E-state index in [9.17, 15) is 0 Å². The Morgan fingerprint density at radius 3 is 1.70 bits per heavy atom. The van der Waals surface area contributed by atoms with Gasteiger partial charge in [0.2, 0.25) is 0 Å². The minimum atomic E-state index is 0. The molecular weight excluding hydrogens is 122 g/mol. The van der Waals surface area contributed by atoms with Gasteiger partial charge in [-0.25, -0.2) is 0 Å². The molecule has 0 unspecified atom stereocenters. The van der Waals surface area contributed by atoms with Crippen molar-refractivity contribution in [1.29, 1.82) is 0 Å². The van der Waals surface area contributed by atoms with Gasteiger partial charge in [0.15, 0.2) is 0 Å². The molecule has 1 heterocycles. The average molecular weight is 141 g/mol. The Kier molecular flexibility index (Phi) is 3.10. The second-order valence-corrected chi connectivity index (χ2v) is 3.55. The Bertz CT molecular complexity index is 111. The summed E-state index contributed by atoms with van der Waals surface area (Å²) in [5.74, 6) is 0. The second kappa shape index (κ2) is 3.20. The van der Waals surface area contributed by atoms with E-state index in [1.165, 1.54) is 0 Å². The predicted molar refractivity (Wildman–Crippen MR) is 47.2 cm³/mol. The largest absolute Gasteiger partial charge is 0.291 e. The first-order valence-corrected chi connectivity index (χ1v) is 3.51. The molecule has 1 aliphatic heterocycles. The van der Waals surface area contributed by atoms with E-state index >= 15 is 0 Å². The normalized spacial score (nSPS) is 19.1. The molecule has 60 valence electrons. The summed E-state index contributed by atoms with van der Waals surface area (Å²) in [4.78, 5) is 2.44. The molecule has 0 aromatic carbocycles. The molecule has 0 radical (unpaired) electrons. The molecule has 0 amide bonds. The van der Waals surface area contributed by atoms with Crippen molar-refractivity contribution >= 4 is 0 Å². The van der Waals surface area contributed by atoms with Crippen LogP contribution in [-0.2, 0) is 0 Å². The van der Waals surface area contributed by atoms with Gasteiger partial charge in [0.25, 0.3) is 0 Å². The molecule has 0 atom stereocenters. The van der Waals surface area contributed by atoms with Crippen molar-refractivity contribution in [2.75, 3.05) is 13.1 Å². The molecule has 0 N–H and O–H groups in total. The molecule has 0 bridgehead atoms. The van der Waals surface area contributed by atoms with Crippen molar-refractivity contribution in [3.05, 3.63) is 12.2 Å². The lowest BCUT2D eigenvalue weighted by Gasteiger charge is -2.31. The summed E-state index contributed by atoms with van der Waals surface area (Å²) in [6, 6.07) is 0. The topological polar surface area (TPSA) is 3.24 Å². The molecule has 1 aliphatic rings. The molecule has 1 heteroatoms. The van der Waals surface area contributed by atoms with E-state index in [-0.39, 0.29) is 7.43 Å². The Hall–Kier alpha value is -0.300. The van der Waals surface area contributed by atoms with Crippen LogP contribution in [0.4, 0.5) is 0 Å². The minimum absolute atomic E-state index is 0. The Morgan fingerprint density at radius 2 is 1.50 bits per heavy atom. The quantitative estimate of drug-likeness (QED) is 0.468. The van der Waals surface area contributed by atoms with E-state index in [1.807, 2.05) is 0 Å². The highest BCUT2D eigenvalue weighted by Crippen LogP contribution is 2.15. The molecule has 0 spiro atoms. The molecule has 0 saturated carbocycles. The maximum Gasteiger partial charge on any atom is 0.0172 e. The van der Waals surface area contributed by atoms with E-state index in [1.54, 1.807) is 0 Å². The lowest BCUT2D eigenvalue weighted by atomic mass is 10.1. The zero-order valence-corrected chi connectivity index (χ0v) is 6.52. The van der Waals surface area contributed by atoms with Gasteiger partial charge in [-0.1, -0.05) is 19.6 Å². The SMILES string of the molecule is C.CC(C)(C)N1CC=CC1. The van der Waals surface area contributed by atoms with Crippen LogP contribution in [0.3, 0.4) is 0 Å². The molecule has 1 nitrogen and oxygen atoms in total. The number of hydrogen-bond donors (Lipinski definition) is 0. The molecule has 0 saturated heterocycles. The maximum absolute atomic E-state index is 2.44. The number of nitrogens with zero attached hydrogens (tertiary/aromatic N) is 1. The van der Waals surface area contributed by atoms with Gasteiger partial charge in [-0.15, -0.1) is 0 Å². The van der Waals surface area contributed by atoms with Gasteiger partial charge in [-0.05, 0) is 20.8 Å². The van der Waals surface area contributed by atoms with Crippen molar-refractivity contribution in [1.82, 2.24) is 4.90 Å². The first kappa shape index (κ1) is 9.70. The van der Waals surface area contributed by atoms with Crippen LogP contribution < -0.4 is 0 Å². The fraction of sp³-hybridized carbons (Fsp3) is 0.778. The van der Waals surface area contributed by atoms with Crippen LogP contribution in [0.5, 0.6) is 0 Å². The van der Waals surface area contributed by atoms with E-state index in [0.29, 0.717) is 5.54 Å². The third-order valence-corrected chi connectivity index (χ3v) is 1.77. The molecule has 0 aromatic heterocycles. The smallest absolute Gasteiger partial charge is 0.0172 e. The first-order valence-electron chi connectivity index (χ1n) is 3.51. The average Bonchev–Trinajstić information content (AvgIpc) is 2.08. The fourth-order valence-corrected chi connectivity index (χ4v) is 1.03. The Balaban J connectivity index is 0.000000810. The Labute approximate surface area is 64.7 Å². The molecule has 0 aromatic rings. The molecular formula is C9H19N. The highest BCUT2D eigenvalue weighted by molar-refractivity contribution is 4.99. The van der Waals surface area contributed by atoms with E-state index in [4.69, 9.17) is 0 Å². The van der Waals surface area contributed by atoms with Crippen molar-refractivity contribution < 1.29 is 0 Å². The summed E-state index contributed by atoms with van der Waals surface area (Å²) in [6.45, 7) is 9.01. The van der Waals surface area contributed by atoms with Crippen LogP contribution in [0.25, 0.3) is 0 Å². The third kappa shape index (κ3) is 2.14. The van der Waals surface area contributed by atoms with Gasteiger partial charge >= 0.3 is 0 Å². The standard InChI is InChI=1S/C8H15N.CH4/c1-8(2,3)9-6-4-5-7-9;/h4-5H,6-7H2,1-3H3;1H4. The van der Waals surface area contributed by atoms with E-state index in [0.717, 1.165) is 13.1 Å². The van der Waals surface area contributed by atoms with Gasteiger partial charge in [0.05, 0.1) is 0 Å². The monoisotopic (exact) mass is 141 g/mol.